The SMILES string of the molecule is CCC(O)COCCC[Si](C)(C)OCC(C)(ON1CCC(O[Si](C)(C)CCCOCC(C)O)CC1(C)C)c1ccccc1. The zero-order chi connectivity index (χ0) is 32.2. The Morgan fingerprint density at radius 2 is 1.58 bits per heavy atom. The van der Waals surface area contributed by atoms with Crippen molar-refractivity contribution in [2.45, 2.75) is 134 Å². The lowest BCUT2D eigenvalue weighted by Crippen LogP contribution is -2.56. The van der Waals surface area contributed by atoms with Gasteiger partial charge in [0.25, 0.3) is 0 Å². The monoisotopic (exact) mass is 641 g/mol. The molecular formula is C33H63NO7Si2. The highest BCUT2D eigenvalue weighted by molar-refractivity contribution is 6.71. The van der Waals surface area contributed by atoms with E-state index in [1.165, 1.54) is 0 Å². The first-order chi connectivity index (χ1) is 20.1. The standard InChI is InChI=1S/C33H63NO7Si2/c1-10-30(36)26-38-21-14-22-42(6,7)39-27-33(5,29-16-12-11-13-17-29)41-34-19-18-31(24-32(34,3)4)40-43(8,9)23-15-20-37-25-28(2)35/h11-13,16-17,28,30-31,35-36H,10,14-15,18-27H2,1-9H3. The van der Waals surface area contributed by atoms with Gasteiger partial charge in [0.15, 0.2) is 16.6 Å². The summed E-state index contributed by atoms with van der Waals surface area (Å²) < 4.78 is 24.7. The summed E-state index contributed by atoms with van der Waals surface area (Å²) in [5.74, 6) is 0. The smallest absolute Gasteiger partial charge is 0.187 e. The molecule has 0 spiro atoms. The number of ether oxygens (including phenoxy) is 2. The molecule has 0 amide bonds. The predicted octanol–water partition coefficient (Wildman–Crippen LogP) is 6.48. The minimum atomic E-state index is -1.97. The molecule has 0 radical (unpaired) electrons. The van der Waals surface area contributed by atoms with Crippen molar-refractivity contribution in [3.05, 3.63) is 35.9 Å². The van der Waals surface area contributed by atoms with E-state index in [1.807, 2.05) is 13.0 Å². The van der Waals surface area contributed by atoms with Gasteiger partial charge in [-0.25, -0.2) is 0 Å². The Morgan fingerprint density at radius 3 is 2.16 bits per heavy atom. The van der Waals surface area contributed by atoms with E-state index in [4.69, 9.17) is 23.2 Å². The molecule has 10 heteroatoms. The van der Waals surface area contributed by atoms with E-state index >= 15 is 0 Å². The van der Waals surface area contributed by atoms with E-state index in [-0.39, 0.29) is 17.7 Å². The number of hydrogen-bond donors (Lipinski definition) is 2. The molecule has 250 valence electrons. The van der Waals surface area contributed by atoms with Crippen LogP contribution >= 0.6 is 0 Å². The van der Waals surface area contributed by atoms with Crippen LogP contribution in [0.1, 0.15) is 72.3 Å². The van der Waals surface area contributed by atoms with Crippen LogP contribution in [0, 0.1) is 0 Å². The topological polar surface area (TPSA) is 89.9 Å². The molecule has 1 fully saturated rings. The summed E-state index contributed by atoms with van der Waals surface area (Å²) >= 11 is 0. The van der Waals surface area contributed by atoms with E-state index in [2.05, 4.69) is 76.3 Å². The second kappa shape index (κ2) is 17.9. The zero-order valence-electron chi connectivity index (χ0n) is 28.7. The van der Waals surface area contributed by atoms with Gasteiger partial charge in [0, 0.05) is 31.4 Å². The Hall–Kier alpha value is -0.666. The number of aliphatic hydroxyl groups excluding tert-OH is 2. The highest BCUT2D eigenvalue weighted by Gasteiger charge is 2.43. The van der Waals surface area contributed by atoms with Gasteiger partial charge in [0.1, 0.15) is 5.60 Å². The molecule has 1 aliphatic rings. The average Bonchev–Trinajstić information content (AvgIpc) is 2.92. The van der Waals surface area contributed by atoms with Crippen LogP contribution in [-0.4, -0.2) is 95.3 Å². The molecule has 1 saturated heterocycles. The normalized spacial score (nSPS) is 21.0. The lowest BCUT2D eigenvalue weighted by molar-refractivity contribution is -0.307. The molecule has 4 unspecified atom stereocenters. The Balaban J connectivity index is 1.97. The van der Waals surface area contributed by atoms with Crippen molar-refractivity contribution in [2.75, 3.05) is 39.6 Å². The minimum Gasteiger partial charge on any atom is -0.414 e. The van der Waals surface area contributed by atoms with Crippen LogP contribution in [0.3, 0.4) is 0 Å². The summed E-state index contributed by atoms with van der Waals surface area (Å²) in [6.45, 7) is 22.9. The molecule has 1 aromatic rings. The third-order valence-corrected chi connectivity index (χ3v) is 13.3. The van der Waals surface area contributed by atoms with E-state index < -0.39 is 28.3 Å². The largest absolute Gasteiger partial charge is 0.414 e. The number of benzene rings is 1. The van der Waals surface area contributed by atoms with Gasteiger partial charge < -0.3 is 28.5 Å². The first kappa shape index (κ1) is 38.5. The highest BCUT2D eigenvalue weighted by Crippen LogP contribution is 2.37. The van der Waals surface area contributed by atoms with Gasteiger partial charge >= 0.3 is 0 Å². The first-order valence-electron chi connectivity index (χ1n) is 16.4. The summed E-state index contributed by atoms with van der Waals surface area (Å²) in [7, 11) is -3.82. The second-order valence-corrected chi connectivity index (χ2v) is 23.0. The Bertz CT molecular complexity index is 902. The number of rotatable bonds is 21. The van der Waals surface area contributed by atoms with Gasteiger partial charge in [-0.2, -0.15) is 5.06 Å². The van der Waals surface area contributed by atoms with E-state index in [1.54, 1.807) is 6.92 Å². The molecule has 43 heavy (non-hydrogen) atoms. The van der Waals surface area contributed by atoms with Gasteiger partial charge in [-0.1, -0.05) is 37.3 Å². The molecule has 0 aromatic heterocycles. The predicted molar refractivity (Wildman–Crippen MR) is 179 cm³/mol. The van der Waals surface area contributed by atoms with E-state index in [0.29, 0.717) is 39.5 Å². The first-order valence-corrected chi connectivity index (χ1v) is 22.7. The van der Waals surface area contributed by atoms with Crippen LogP contribution in [0.2, 0.25) is 38.3 Å². The molecule has 1 aromatic carbocycles. The molecular weight excluding hydrogens is 579 g/mol. The Kier molecular flexibility index (Phi) is 16.0. The molecule has 1 heterocycles. The van der Waals surface area contributed by atoms with Crippen molar-refractivity contribution in [3.63, 3.8) is 0 Å². The van der Waals surface area contributed by atoms with Gasteiger partial charge in [-0.15, -0.1) is 0 Å². The molecule has 4 atom stereocenters. The van der Waals surface area contributed by atoms with Crippen LogP contribution in [0.5, 0.6) is 0 Å². The van der Waals surface area contributed by atoms with Crippen LogP contribution in [0.15, 0.2) is 30.3 Å². The maximum Gasteiger partial charge on any atom is 0.187 e. The van der Waals surface area contributed by atoms with Crippen molar-refractivity contribution in [2.24, 2.45) is 0 Å². The third-order valence-electron chi connectivity index (χ3n) is 8.25. The molecule has 1 aliphatic heterocycles. The van der Waals surface area contributed by atoms with Crippen molar-refractivity contribution in [3.8, 4) is 0 Å². The molecule has 2 N–H and O–H groups in total. The fourth-order valence-corrected chi connectivity index (χ4v) is 9.52. The maximum absolute atomic E-state index is 9.72. The van der Waals surface area contributed by atoms with Crippen molar-refractivity contribution >= 4 is 16.6 Å². The molecule has 0 saturated carbocycles. The fraction of sp³-hybridized carbons (Fsp3) is 0.818. The number of aliphatic hydroxyl groups is 2. The molecule has 8 nitrogen and oxygen atoms in total. The molecule has 0 aliphatic carbocycles. The van der Waals surface area contributed by atoms with Crippen LogP contribution < -0.4 is 0 Å². The number of hydroxylamine groups is 2. The second-order valence-electron chi connectivity index (χ2n) is 14.4. The van der Waals surface area contributed by atoms with Crippen LogP contribution in [-0.2, 0) is 28.8 Å². The van der Waals surface area contributed by atoms with Crippen molar-refractivity contribution in [1.82, 2.24) is 5.06 Å². The van der Waals surface area contributed by atoms with Crippen molar-refractivity contribution < 1.29 is 33.4 Å². The lowest BCUT2D eigenvalue weighted by Gasteiger charge is -2.49. The van der Waals surface area contributed by atoms with Gasteiger partial charge in [0.2, 0.25) is 0 Å². The van der Waals surface area contributed by atoms with E-state index in [9.17, 15) is 10.2 Å². The number of hydrogen-bond acceptors (Lipinski definition) is 8. The zero-order valence-corrected chi connectivity index (χ0v) is 30.7. The van der Waals surface area contributed by atoms with Crippen molar-refractivity contribution in [1.29, 1.82) is 0 Å². The number of piperidine rings is 1. The number of nitrogens with zero attached hydrogens (tertiary/aromatic N) is 1. The molecule has 0 bridgehead atoms. The van der Waals surface area contributed by atoms with Gasteiger partial charge in [-0.3, -0.25) is 4.84 Å². The summed E-state index contributed by atoms with van der Waals surface area (Å²) in [5, 5.41) is 21.3. The summed E-state index contributed by atoms with van der Waals surface area (Å²) in [6.07, 6.45) is 3.84. The van der Waals surface area contributed by atoms with Crippen LogP contribution in [0.25, 0.3) is 0 Å². The maximum atomic E-state index is 9.72. The minimum absolute atomic E-state index is 0.197. The van der Waals surface area contributed by atoms with E-state index in [0.717, 1.165) is 49.9 Å². The van der Waals surface area contributed by atoms with Gasteiger partial charge in [-0.05, 0) is 104 Å². The summed E-state index contributed by atoms with van der Waals surface area (Å²) in [5.41, 5.74) is 0.285. The summed E-state index contributed by atoms with van der Waals surface area (Å²) in [4.78, 5) is 6.94. The van der Waals surface area contributed by atoms with Crippen LogP contribution in [0.4, 0.5) is 0 Å². The van der Waals surface area contributed by atoms with Gasteiger partial charge in [0.05, 0.1) is 32.0 Å². The Labute approximate surface area is 264 Å². The lowest BCUT2D eigenvalue weighted by atomic mass is 9.90. The highest BCUT2D eigenvalue weighted by atomic mass is 28.4. The molecule has 2 rings (SSSR count). The Morgan fingerprint density at radius 1 is 0.977 bits per heavy atom. The average molecular weight is 642 g/mol. The quantitative estimate of drug-likeness (QED) is 0.116. The fourth-order valence-electron chi connectivity index (χ4n) is 5.50. The third kappa shape index (κ3) is 14.5. The summed E-state index contributed by atoms with van der Waals surface area (Å²) in [6, 6.07) is 12.5.